The first-order chi connectivity index (χ1) is 9.44. The number of hydrogen-bond donors (Lipinski definition) is 2. The Kier molecular flexibility index (Phi) is 5.37. The van der Waals surface area contributed by atoms with Gasteiger partial charge in [0.05, 0.1) is 25.5 Å². The Morgan fingerprint density at radius 1 is 1.25 bits per heavy atom. The number of carboxylic acid groups (broad SMARTS) is 1. The molecule has 2 N–H and O–H groups in total. The first kappa shape index (κ1) is 15.8. The third-order valence-electron chi connectivity index (χ3n) is 3.07. The van der Waals surface area contributed by atoms with Gasteiger partial charge in [-0.15, -0.1) is 0 Å². The van der Waals surface area contributed by atoms with Crippen LogP contribution in [0.4, 0.5) is 5.69 Å². The van der Waals surface area contributed by atoms with E-state index in [1.54, 1.807) is 6.92 Å². The summed E-state index contributed by atoms with van der Waals surface area (Å²) in [5.74, 6) is -0.930. The molecule has 0 saturated heterocycles. The van der Waals surface area contributed by atoms with Gasteiger partial charge in [-0.25, -0.2) is 4.79 Å². The summed E-state index contributed by atoms with van der Waals surface area (Å²) in [6, 6.07) is 2.77. The zero-order valence-corrected chi connectivity index (χ0v) is 12.0. The molecule has 0 aromatic heterocycles. The van der Waals surface area contributed by atoms with E-state index in [9.17, 15) is 14.7 Å². The van der Waals surface area contributed by atoms with Crippen LogP contribution in [-0.2, 0) is 4.79 Å². The molecule has 0 heterocycles. The summed E-state index contributed by atoms with van der Waals surface area (Å²) >= 11 is 0. The minimum absolute atomic E-state index is 0.0423. The van der Waals surface area contributed by atoms with Crippen molar-refractivity contribution in [1.29, 1.82) is 0 Å². The normalized spacial score (nSPS) is 11.6. The molecule has 0 aliphatic heterocycles. The highest BCUT2D eigenvalue weighted by Crippen LogP contribution is 2.33. The average Bonchev–Trinajstić information content (AvgIpc) is 2.45. The molecule has 0 unspecified atom stereocenters. The maximum atomic E-state index is 11.9. The molecule has 0 radical (unpaired) electrons. The lowest BCUT2D eigenvalue weighted by molar-refractivity contribution is -0.119. The molecular formula is C14H19NO5. The fourth-order valence-electron chi connectivity index (χ4n) is 1.60. The van der Waals surface area contributed by atoms with E-state index in [0.717, 1.165) is 0 Å². The molecule has 0 fully saturated rings. The molecule has 110 valence electrons. The van der Waals surface area contributed by atoms with Crippen molar-refractivity contribution in [2.24, 2.45) is 5.92 Å². The van der Waals surface area contributed by atoms with Gasteiger partial charge >= 0.3 is 5.97 Å². The van der Waals surface area contributed by atoms with Crippen LogP contribution in [0.5, 0.6) is 11.5 Å². The molecule has 0 spiro atoms. The number of nitrogens with one attached hydrogen (secondary N) is 1. The van der Waals surface area contributed by atoms with Crippen LogP contribution in [0.15, 0.2) is 12.1 Å². The Bertz CT molecular complexity index is 513. The summed E-state index contributed by atoms with van der Waals surface area (Å²) in [6.45, 7) is 3.66. The summed E-state index contributed by atoms with van der Waals surface area (Å²) < 4.78 is 10.2. The predicted molar refractivity (Wildman–Crippen MR) is 74.6 cm³/mol. The molecule has 0 saturated carbocycles. The number of ether oxygens (including phenoxy) is 2. The highest BCUT2D eigenvalue weighted by molar-refractivity contribution is 6.02. The fourth-order valence-corrected chi connectivity index (χ4v) is 1.60. The maximum absolute atomic E-state index is 11.9. The standard InChI is InChI=1S/C14H19NO5/c1-5-8(2)13(16)15-10-7-12(20-4)11(19-3)6-9(10)14(17)18/h6-8H,5H2,1-4H3,(H,15,16)(H,17,18)/t8-/m0/s1. The number of amides is 1. The van der Waals surface area contributed by atoms with Crippen molar-refractivity contribution in [3.8, 4) is 11.5 Å². The summed E-state index contributed by atoms with van der Waals surface area (Å²) in [7, 11) is 2.86. The van der Waals surface area contributed by atoms with Gasteiger partial charge in [0, 0.05) is 18.1 Å². The topological polar surface area (TPSA) is 84.9 Å². The van der Waals surface area contributed by atoms with Crippen molar-refractivity contribution in [3.63, 3.8) is 0 Å². The molecule has 0 aliphatic rings. The van der Waals surface area contributed by atoms with Crippen LogP contribution < -0.4 is 14.8 Å². The molecule has 1 rings (SSSR count). The first-order valence-electron chi connectivity index (χ1n) is 6.24. The van der Waals surface area contributed by atoms with Crippen LogP contribution in [0.2, 0.25) is 0 Å². The Hall–Kier alpha value is -2.24. The third-order valence-corrected chi connectivity index (χ3v) is 3.07. The zero-order chi connectivity index (χ0) is 15.3. The Balaban J connectivity index is 3.22. The van der Waals surface area contributed by atoms with Gasteiger partial charge in [-0.3, -0.25) is 4.79 Å². The van der Waals surface area contributed by atoms with Crippen LogP contribution in [0, 0.1) is 5.92 Å². The number of carboxylic acids is 1. The number of rotatable bonds is 6. The van der Waals surface area contributed by atoms with E-state index in [0.29, 0.717) is 17.9 Å². The lowest BCUT2D eigenvalue weighted by Gasteiger charge is -2.15. The van der Waals surface area contributed by atoms with Crippen LogP contribution in [0.25, 0.3) is 0 Å². The van der Waals surface area contributed by atoms with Crippen LogP contribution in [0.3, 0.4) is 0 Å². The second-order valence-corrected chi connectivity index (χ2v) is 4.36. The number of aromatic carboxylic acids is 1. The van der Waals surface area contributed by atoms with Gasteiger partial charge in [0.15, 0.2) is 11.5 Å². The van der Waals surface area contributed by atoms with E-state index < -0.39 is 5.97 Å². The second kappa shape index (κ2) is 6.79. The molecular weight excluding hydrogens is 262 g/mol. The molecule has 1 aromatic carbocycles. The van der Waals surface area contributed by atoms with E-state index in [1.807, 2.05) is 6.92 Å². The molecule has 20 heavy (non-hydrogen) atoms. The van der Waals surface area contributed by atoms with Crippen molar-refractivity contribution in [2.45, 2.75) is 20.3 Å². The number of benzene rings is 1. The number of carbonyl (C=O) groups is 2. The predicted octanol–water partition coefficient (Wildman–Crippen LogP) is 2.39. The average molecular weight is 281 g/mol. The molecule has 1 aromatic rings. The molecule has 6 heteroatoms. The van der Waals surface area contributed by atoms with Crippen molar-refractivity contribution in [2.75, 3.05) is 19.5 Å². The number of carbonyl (C=O) groups excluding carboxylic acids is 1. The molecule has 1 atom stereocenters. The summed E-state index contributed by atoms with van der Waals surface area (Å²) in [5.41, 5.74) is 0.153. The highest BCUT2D eigenvalue weighted by atomic mass is 16.5. The molecule has 0 aliphatic carbocycles. The fraction of sp³-hybridized carbons (Fsp3) is 0.429. The van der Waals surface area contributed by atoms with Crippen LogP contribution in [-0.4, -0.2) is 31.2 Å². The summed E-state index contributed by atoms with van der Waals surface area (Å²) in [6.07, 6.45) is 0.668. The number of hydrogen-bond acceptors (Lipinski definition) is 4. The van der Waals surface area contributed by atoms with Crippen LogP contribution in [0.1, 0.15) is 30.6 Å². The van der Waals surface area contributed by atoms with Gasteiger partial charge < -0.3 is 19.9 Å². The Labute approximate surface area is 117 Å². The smallest absolute Gasteiger partial charge is 0.337 e. The maximum Gasteiger partial charge on any atom is 0.337 e. The SMILES string of the molecule is CC[C@H](C)C(=O)Nc1cc(OC)c(OC)cc1C(=O)O. The van der Waals surface area contributed by atoms with Gasteiger partial charge in [0.1, 0.15) is 0 Å². The largest absolute Gasteiger partial charge is 0.493 e. The third kappa shape index (κ3) is 3.40. The summed E-state index contributed by atoms with van der Waals surface area (Å²) in [4.78, 5) is 23.2. The lowest BCUT2D eigenvalue weighted by atomic mass is 10.1. The van der Waals surface area contributed by atoms with Crippen molar-refractivity contribution < 1.29 is 24.2 Å². The minimum atomic E-state index is -1.15. The summed E-state index contributed by atoms with van der Waals surface area (Å²) in [5, 5.41) is 11.8. The van der Waals surface area contributed by atoms with Crippen molar-refractivity contribution in [1.82, 2.24) is 0 Å². The zero-order valence-electron chi connectivity index (χ0n) is 12.0. The van der Waals surface area contributed by atoms with Gasteiger partial charge in [0.25, 0.3) is 0 Å². The van der Waals surface area contributed by atoms with Crippen LogP contribution >= 0.6 is 0 Å². The first-order valence-corrected chi connectivity index (χ1v) is 6.24. The second-order valence-electron chi connectivity index (χ2n) is 4.36. The van der Waals surface area contributed by atoms with E-state index in [-0.39, 0.29) is 23.1 Å². The van der Waals surface area contributed by atoms with Gasteiger partial charge in [-0.2, -0.15) is 0 Å². The highest BCUT2D eigenvalue weighted by Gasteiger charge is 2.19. The van der Waals surface area contributed by atoms with E-state index in [4.69, 9.17) is 9.47 Å². The Morgan fingerprint density at radius 3 is 2.25 bits per heavy atom. The minimum Gasteiger partial charge on any atom is -0.493 e. The van der Waals surface area contributed by atoms with E-state index in [1.165, 1.54) is 26.4 Å². The Morgan fingerprint density at radius 2 is 1.80 bits per heavy atom. The van der Waals surface area contributed by atoms with Gasteiger partial charge in [0.2, 0.25) is 5.91 Å². The number of anilines is 1. The quantitative estimate of drug-likeness (QED) is 0.836. The van der Waals surface area contributed by atoms with Gasteiger partial charge in [-0.1, -0.05) is 13.8 Å². The lowest BCUT2D eigenvalue weighted by Crippen LogP contribution is -2.21. The van der Waals surface area contributed by atoms with Crippen molar-refractivity contribution in [3.05, 3.63) is 17.7 Å². The molecule has 6 nitrogen and oxygen atoms in total. The molecule has 1 amide bonds. The van der Waals surface area contributed by atoms with E-state index in [2.05, 4.69) is 5.32 Å². The monoisotopic (exact) mass is 281 g/mol. The van der Waals surface area contributed by atoms with Gasteiger partial charge in [-0.05, 0) is 6.42 Å². The molecule has 0 bridgehead atoms. The van der Waals surface area contributed by atoms with E-state index >= 15 is 0 Å². The van der Waals surface area contributed by atoms with Crippen molar-refractivity contribution >= 4 is 17.6 Å². The number of methoxy groups -OCH3 is 2.